The lowest BCUT2D eigenvalue weighted by molar-refractivity contribution is -0.126. The van der Waals surface area contributed by atoms with Gasteiger partial charge in [-0.15, -0.1) is 0 Å². The van der Waals surface area contributed by atoms with Crippen molar-refractivity contribution in [1.82, 2.24) is 0 Å². The Hall–Kier alpha value is -0.0900. The molecule has 0 aromatic rings. The molecular weight excluding hydrogens is 224 g/mol. The molecule has 0 aliphatic heterocycles. The normalized spacial score (nSPS) is 42.0. The number of hydrogen-bond donors (Lipinski definition) is 0. The third-order valence-corrected chi connectivity index (χ3v) is 5.16. The first kappa shape index (κ1) is 10.4. The number of ketones is 1. The summed E-state index contributed by atoms with van der Waals surface area (Å²) >= 11 is 0. The molecule has 0 spiro atoms. The van der Waals surface area contributed by atoms with E-state index in [0.29, 0.717) is 18.8 Å². The summed E-state index contributed by atoms with van der Waals surface area (Å²) in [7, 11) is 1.68. The summed E-state index contributed by atoms with van der Waals surface area (Å²) in [6, 6.07) is 0. The van der Waals surface area contributed by atoms with Gasteiger partial charge in [-0.1, -0.05) is 6.92 Å². The zero-order valence-electron chi connectivity index (χ0n) is 7.99. The van der Waals surface area contributed by atoms with Crippen molar-refractivity contribution in [2.75, 3.05) is 5.75 Å². The van der Waals surface area contributed by atoms with Crippen molar-refractivity contribution in [3.63, 3.8) is 0 Å². The zero-order valence-corrected chi connectivity index (χ0v) is 9.57. The Bertz CT molecular complexity index is 376. The average molecular weight is 237 g/mol. The number of carbonyl (C=O) groups is 1. The lowest BCUT2D eigenvalue weighted by Gasteiger charge is -2.26. The molecule has 0 amide bonds. The molecule has 2 rings (SSSR count). The standard InChI is InChI=1S/C9H13ClO3S/c1-6-7-2-3-9(6,8(11)4-7)5-14(10,12)13/h6-7H,2-5H2,1H3. The summed E-state index contributed by atoms with van der Waals surface area (Å²) in [6.45, 7) is 1.98. The number of carbonyl (C=O) groups excluding carboxylic acids is 1. The van der Waals surface area contributed by atoms with Gasteiger partial charge in [0.25, 0.3) is 0 Å². The second-order valence-corrected chi connectivity index (χ2v) is 7.33. The van der Waals surface area contributed by atoms with Crippen LogP contribution in [0.1, 0.15) is 26.2 Å². The van der Waals surface area contributed by atoms with E-state index < -0.39 is 14.5 Å². The van der Waals surface area contributed by atoms with Crippen LogP contribution in [0.2, 0.25) is 0 Å². The van der Waals surface area contributed by atoms with E-state index in [1.54, 1.807) is 0 Å². The molecule has 2 bridgehead atoms. The molecule has 0 saturated heterocycles. The van der Waals surface area contributed by atoms with Gasteiger partial charge in [0.15, 0.2) is 0 Å². The highest BCUT2D eigenvalue weighted by atomic mass is 35.7. The summed E-state index contributed by atoms with van der Waals surface area (Å²) in [5, 5.41) is 0. The fraction of sp³-hybridized carbons (Fsp3) is 0.889. The largest absolute Gasteiger partial charge is 0.299 e. The molecule has 0 heterocycles. The number of Topliss-reactive ketones (excluding diaryl/α,β-unsaturated/α-hetero) is 1. The molecule has 3 atom stereocenters. The van der Waals surface area contributed by atoms with E-state index in [9.17, 15) is 13.2 Å². The molecule has 14 heavy (non-hydrogen) atoms. The first-order valence-electron chi connectivity index (χ1n) is 4.81. The maximum atomic E-state index is 11.7. The number of fused-ring (bicyclic) bond motifs is 2. The molecule has 2 aliphatic rings. The number of rotatable bonds is 2. The Labute approximate surface area is 88.2 Å². The van der Waals surface area contributed by atoms with Crippen LogP contribution in [0, 0.1) is 17.3 Å². The van der Waals surface area contributed by atoms with Crippen molar-refractivity contribution in [3.05, 3.63) is 0 Å². The Kier molecular flexibility index (Phi) is 2.20. The Morgan fingerprint density at radius 3 is 2.57 bits per heavy atom. The Morgan fingerprint density at radius 2 is 2.21 bits per heavy atom. The van der Waals surface area contributed by atoms with Crippen LogP contribution in [0.3, 0.4) is 0 Å². The molecule has 2 fully saturated rings. The molecule has 5 heteroatoms. The summed E-state index contributed by atoms with van der Waals surface area (Å²) in [4.78, 5) is 11.7. The van der Waals surface area contributed by atoms with E-state index in [4.69, 9.17) is 10.7 Å². The summed E-state index contributed by atoms with van der Waals surface area (Å²) in [6.07, 6.45) is 2.22. The van der Waals surface area contributed by atoms with Crippen LogP contribution >= 0.6 is 10.7 Å². The van der Waals surface area contributed by atoms with E-state index in [-0.39, 0.29) is 17.5 Å². The van der Waals surface area contributed by atoms with E-state index in [0.717, 1.165) is 6.42 Å². The lowest BCUT2D eigenvalue weighted by atomic mass is 9.81. The summed E-state index contributed by atoms with van der Waals surface area (Å²) < 4.78 is 22.1. The maximum absolute atomic E-state index is 11.7. The second kappa shape index (κ2) is 2.95. The minimum absolute atomic E-state index is 0.102. The summed E-state index contributed by atoms with van der Waals surface area (Å²) in [5.74, 6) is 0.507. The van der Waals surface area contributed by atoms with Crippen molar-refractivity contribution in [3.8, 4) is 0 Å². The minimum atomic E-state index is -3.57. The van der Waals surface area contributed by atoms with Crippen LogP contribution in [-0.2, 0) is 13.8 Å². The SMILES string of the molecule is CC1C2CCC1(CS(=O)(=O)Cl)C(=O)C2. The predicted octanol–water partition coefficient (Wildman–Crippen LogP) is 1.56. The zero-order chi connectivity index (χ0) is 10.6. The van der Waals surface area contributed by atoms with E-state index >= 15 is 0 Å². The highest BCUT2D eigenvalue weighted by molar-refractivity contribution is 8.13. The predicted molar refractivity (Wildman–Crippen MR) is 53.6 cm³/mol. The van der Waals surface area contributed by atoms with Crippen molar-refractivity contribution >= 4 is 25.5 Å². The van der Waals surface area contributed by atoms with Gasteiger partial charge in [0, 0.05) is 22.5 Å². The molecule has 0 radical (unpaired) electrons. The van der Waals surface area contributed by atoms with Crippen LogP contribution in [-0.4, -0.2) is 20.0 Å². The summed E-state index contributed by atoms with van der Waals surface area (Å²) in [5.41, 5.74) is -0.648. The quantitative estimate of drug-likeness (QED) is 0.684. The van der Waals surface area contributed by atoms with Gasteiger partial charge in [0.1, 0.15) is 5.78 Å². The lowest BCUT2D eigenvalue weighted by Crippen LogP contribution is -2.35. The van der Waals surface area contributed by atoms with Crippen molar-refractivity contribution in [2.45, 2.75) is 26.2 Å². The van der Waals surface area contributed by atoms with Gasteiger partial charge in [-0.05, 0) is 24.7 Å². The van der Waals surface area contributed by atoms with Gasteiger partial charge in [0.05, 0.1) is 5.75 Å². The Balaban J connectivity index is 2.34. The van der Waals surface area contributed by atoms with Gasteiger partial charge in [-0.3, -0.25) is 4.79 Å². The third kappa shape index (κ3) is 1.39. The fourth-order valence-corrected chi connectivity index (χ4v) is 4.84. The van der Waals surface area contributed by atoms with E-state index in [1.165, 1.54) is 0 Å². The van der Waals surface area contributed by atoms with Gasteiger partial charge in [0.2, 0.25) is 9.05 Å². The molecule has 80 valence electrons. The van der Waals surface area contributed by atoms with Crippen LogP contribution in [0.5, 0.6) is 0 Å². The number of hydrogen-bond acceptors (Lipinski definition) is 3. The van der Waals surface area contributed by atoms with Crippen LogP contribution in [0.4, 0.5) is 0 Å². The van der Waals surface area contributed by atoms with Crippen LogP contribution < -0.4 is 0 Å². The topological polar surface area (TPSA) is 51.2 Å². The molecule has 3 unspecified atom stereocenters. The molecule has 0 aromatic carbocycles. The van der Waals surface area contributed by atoms with E-state index in [1.807, 2.05) is 6.92 Å². The van der Waals surface area contributed by atoms with Gasteiger partial charge in [-0.2, -0.15) is 0 Å². The minimum Gasteiger partial charge on any atom is -0.299 e. The van der Waals surface area contributed by atoms with Crippen LogP contribution in [0.25, 0.3) is 0 Å². The van der Waals surface area contributed by atoms with E-state index in [2.05, 4.69) is 0 Å². The first-order chi connectivity index (χ1) is 6.35. The van der Waals surface area contributed by atoms with Crippen molar-refractivity contribution < 1.29 is 13.2 Å². The highest BCUT2D eigenvalue weighted by Crippen LogP contribution is 2.56. The highest BCUT2D eigenvalue weighted by Gasteiger charge is 2.58. The van der Waals surface area contributed by atoms with Gasteiger partial charge < -0.3 is 0 Å². The first-order valence-corrected chi connectivity index (χ1v) is 7.29. The average Bonchev–Trinajstić information content (AvgIpc) is 2.40. The maximum Gasteiger partial charge on any atom is 0.233 e. The fourth-order valence-electron chi connectivity index (χ4n) is 3.08. The smallest absolute Gasteiger partial charge is 0.233 e. The van der Waals surface area contributed by atoms with Gasteiger partial charge >= 0.3 is 0 Å². The van der Waals surface area contributed by atoms with Crippen LogP contribution in [0.15, 0.2) is 0 Å². The molecular formula is C9H13ClO3S. The Morgan fingerprint density at radius 1 is 1.57 bits per heavy atom. The monoisotopic (exact) mass is 236 g/mol. The molecule has 0 aromatic heterocycles. The van der Waals surface area contributed by atoms with Crippen molar-refractivity contribution in [1.29, 1.82) is 0 Å². The number of halogens is 1. The second-order valence-electron chi connectivity index (χ2n) is 4.55. The third-order valence-electron chi connectivity index (χ3n) is 3.97. The molecule has 2 saturated carbocycles. The molecule has 3 nitrogen and oxygen atoms in total. The van der Waals surface area contributed by atoms with Crippen molar-refractivity contribution in [2.24, 2.45) is 17.3 Å². The molecule has 2 aliphatic carbocycles. The molecule has 0 N–H and O–H groups in total. The van der Waals surface area contributed by atoms with Gasteiger partial charge in [-0.25, -0.2) is 8.42 Å².